The minimum Gasteiger partial charge on any atom is -0.127 e. The predicted molar refractivity (Wildman–Crippen MR) is 102 cm³/mol. The van der Waals surface area contributed by atoms with Crippen LogP contribution in [0.4, 0.5) is 0 Å². The van der Waals surface area contributed by atoms with Crippen LogP contribution in [0.2, 0.25) is 39.3 Å². The summed E-state index contributed by atoms with van der Waals surface area (Å²) in [6, 6.07) is 4.12. The first-order chi connectivity index (χ1) is 8.98. The van der Waals surface area contributed by atoms with Crippen molar-refractivity contribution in [1.82, 2.24) is 0 Å². The van der Waals surface area contributed by atoms with Gasteiger partial charge in [0.1, 0.15) is 16.1 Å². The molecule has 1 rings (SSSR count). The third-order valence-electron chi connectivity index (χ3n) is 2.20. The summed E-state index contributed by atoms with van der Waals surface area (Å²) in [6.07, 6.45) is 0. The second kappa shape index (κ2) is 6.66. The zero-order valence-corrected chi connectivity index (χ0v) is 18.1. The van der Waals surface area contributed by atoms with Gasteiger partial charge in [-0.05, 0) is 44.0 Å². The van der Waals surface area contributed by atoms with Gasteiger partial charge >= 0.3 is 0 Å². The average molecular weight is 428 g/mol. The maximum absolute atomic E-state index is 3.58. The fourth-order valence-electron chi connectivity index (χ4n) is 1.25. The Balaban J connectivity index is 3.28. The van der Waals surface area contributed by atoms with E-state index in [2.05, 4.69) is 100 Å². The summed E-state index contributed by atoms with van der Waals surface area (Å²) in [5.74, 6) is 6.61. The van der Waals surface area contributed by atoms with E-state index in [1.54, 1.807) is 0 Å². The maximum Gasteiger partial charge on any atom is 0.129 e. The fraction of sp³-hybridized carbons (Fsp3) is 0.375. The molecule has 0 N–H and O–H groups in total. The van der Waals surface area contributed by atoms with E-state index in [4.69, 9.17) is 0 Å². The highest BCUT2D eigenvalue weighted by atomic mass is 79.9. The Kier molecular flexibility index (Phi) is 5.93. The molecule has 0 fully saturated rings. The van der Waals surface area contributed by atoms with E-state index >= 15 is 0 Å². The van der Waals surface area contributed by atoms with Crippen LogP contribution in [0.5, 0.6) is 0 Å². The van der Waals surface area contributed by atoms with E-state index in [1.165, 1.54) is 0 Å². The van der Waals surface area contributed by atoms with Crippen molar-refractivity contribution in [2.45, 2.75) is 39.3 Å². The molecule has 4 heteroatoms. The molecule has 106 valence electrons. The number of halogens is 2. The van der Waals surface area contributed by atoms with Gasteiger partial charge in [0, 0.05) is 20.1 Å². The fourth-order valence-corrected chi connectivity index (χ4v) is 3.46. The zero-order valence-electron chi connectivity index (χ0n) is 12.9. The van der Waals surface area contributed by atoms with Gasteiger partial charge < -0.3 is 0 Å². The lowest BCUT2D eigenvalue weighted by Crippen LogP contribution is -2.16. The maximum atomic E-state index is 3.58. The van der Waals surface area contributed by atoms with Crippen molar-refractivity contribution in [3.05, 3.63) is 32.2 Å². The van der Waals surface area contributed by atoms with Crippen LogP contribution in [0.25, 0.3) is 0 Å². The summed E-state index contributed by atoms with van der Waals surface area (Å²) in [5.41, 5.74) is 8.85. The molecule has 0 amide bonds. The SMILES string of the molecule is C[Si](C)(C)C#Cc1cc(C#C[Si](C)(C)C)c(Br)cc1Br. The van der Waals surface area contributed by atoms with Crippen LogP contribution in [0.1, 0.15) is 11.1 Å². The summed E-state index contributed by atoms with van der Waals surface area (Å²) in [7, 11) is -2.73. The molecule has 0 spiro atoms. The first-order valence-corrected chi connectivity index (χ1v) is 15.1. The van der Waals surface area contributed by atoms with E-state index in [0.717, 1.165) is 20.1 Å². The first kappa shape index (κ1) is 17.8. The van der Waals surface area contributed by atoms with Crippen molar-refractivity contribution in [2.24, 2.45) is 0 Å². The Morgan fingerprint density at radius 3 is 1.35 bits per heavy atom. The quantitative estimate of drug-likeness (QED) is 0.369. The molecule has 0 aliphatic heterocycles. The van der Waals surface area contributed by atoms with Crippen LogP contribution in [0.15, 0.2) is 21.1 Å². The molecule has 20 heavy (non-hydrogen) atoms. The molecule has 0 unspecified atom stereocenters. The molecule has 0 heterocycles. The number of hydrogen-bond donors (Lipinski definition) is 0. The summed E-state index contributed by atoms with van der Waals surface area (Å²) in [4.78, 5) is 0. The Morgan fingerprint density at radius 2 is 1.05 bits per heavy atom. The highest BCUT2D eigenvalue weighted by Crippen LogP contribution is 2.25. The highest BCUT2D eigenvalue weighted by Gasteiger charge is 2.10. The molecule has 0 aliphatic rings. The summed E-state index contributed by atoms with van der Waals surface area (Å²) < 4.78 is 2.04. The molecule has 1 aromatic carbocycles. The number of hydrogen-bond acceptors (Lipinski definition) is 0. The lowest BCUT2D eigenvalue weighted by Gasteiger charge is -2.06. The Labute approximate surface area is 142 Å². The Morgan fingerprint density at radius 1 is 0.700 bits per heavy atom. The van der Waals surface area contributed by atoms with Crippen molar-refractivity contribution in [1.29, 1.82) is 0 Å². The van der Waals surface area contributed by atoms with Crippen molar-refractivity contribution >= 4 is 48.0 Å². The van der Waals surface area contributed by atoms with Crippen molar-refractivity contribution in [2.75, 3.05) is 0 Å². The van der Waals surface area contributed by atoms with Gasteiger partial charge in [0.2, 0.25) is 0 Å². The van der Waals surface area contributed by atoms with Gasteiger partial charge in [-0.25, -0.2) is 0 Å². The van der Waals surface area contributed by atoms with Gasteiger partial charge in [0.05, 0.1) is 0 Å². The topological polar surface area (TPSA) is 0 Å². The molecule has 0 aromatic heterocycles. The smallest absolute Gasteiger partial charge is 0.127 e. The molecule has 0 nitrogen and oxygen atoms in total. The molecule has 0 atom stereocenters. The van der Waals surface area contributed by atoms with E-state index in [0.29, 0.717) is 0 Å². The molecule has 1 aromatic rings. The third kappa shape index (κ3) is 6.46. The van der Waals surface area contributed by atoms with Crippen molar-refractivity contribution in [3.8, 4) is 22.9 Å². The minimum absolute atomic E-state index is 1.02. The van der Waals surface area contributed by atoms with E-state index in [9.17, 15) is 0 Å². The lowest BCUT2D eigenvalue weighted by molar-refractivity contribution is 1.51. The van der Waals surface area contributed by atoms with Gasteiger partial charge in [-0.3, -0.25) is 0 Å². The van der Waals surface area contributed by atoms with Crippen molar-refractivity contribution < 1.29 is 0 Å². The van der Waals surface area contributed by atoms with Gasteiger partial charge in [0.15, 0.2) is 0 Å². The molecular weight excluding hydrogens is 408 g/mol. The van der Waals surface area contributed by atoms with Crippen LogP contribution >= 0.6 is 31.9 Å². The molecular formula is C16H20Br2Si2. The average Bonchev–Trinajstić information content (AvgIpc) is 2.24. The molecule has 0 aliphatic carbocycles. The van der Waals surface area contributed by atoms with E-state index < -0.39 is 16.1 Å². The van der Waals surface area contributed by atoms with E-state index in [-0.39, 0.29) is 0 Å². The zero-order chi connectivity index (χ0) is 15.6. The normalized spacial score (nSPS) is 11.2. The first-order valence-electron chi connectivity index (χ1n) is 6.53. The van der Waals surface area contributed by atoms with Crippen LogP contribution < -0.4 is 0 Å². The van der Waals surface area contributed by atoms with E-state index in [1.807, 2.05) is 6.07 Å². The molecule has 0 bridgehead atoms. The monoisotopic (exact) mass is 426 g/mol. The van der Waals surface area contributed by atoms with Crippen LogP contribution in [-0.4, -0.2) is 16.1 Å². The third-order valence-corrected chi connectivity index (χ3v) is 5.26. The van der Waals surface area contributed by atoms with Gasteiger partial charge in [-0.1, -0.05) is 51.1 Å². The summed E-state index contributed by atoms with van der Waals surface area (Å²) >= 11 is 7.17. The molecule has 0 saturated heterocycles. The molecule has 0 saturated carbocycles. The van der Waals surface area contributed by atoms with Gasteiger partial charge in [-0.15, -0.1) is 11.1 Å². The summed E-state index contributed by atoms with van der Waals surface area (Å²) in [6.45, 7) is 13.5. The standard InChI is InChI=1S/C16H20Br2Si2/c1-19(2,3)9-7-13-11-14(8-10-20(4,5)6)16(18)12-15(13)17/h11-12H,1-6H3. The second-order valence-corrected chi connectivity index (χ2v) is 18.0. The van der Waals surface area contributed by atoms with Crippen LogP contribution in [0.3, 0.4) is 0 Å². The predicted octanol–water partition coefficient (Wildman–Crippen LogP) is 5.67. The van der Waals surface area contributed by atoms with Gasteiger partial charge in [0.25, 0.3) is 0 Å². The Bertz CT molecular complexity index is 574. The largest absolute Gasteiger partial charge is 0.129 e. The summed E-state index contributed by atoms with van der Waals surface area (Å²) in [5, 5.41) is 0. The Hall–Kier alpha value is -0.266. The van der Waals surface area contributed by atoms with Gasteiger partial charge in [-0.2, -0.15) is 0 Å². The second-order valence-electron chi connectivity index (χ2n) is 6.81. The molecule has 0 radical (unpaired) electrons. The highest BCUT2D eigenvalue weighted by molar-refractivity contribution is 9.11. The lowest BCUT2D eigenvalue weighted by atomic mass is 10.1. The van der Waals surface area contributed by atoms with Crippen LogP contribution in [-0.2, 0) is 0 Å². The minimum atomic E-state index is -1.37. The number of rotatable bonds is 0. The van der Waals surface area contributed by atoms with Crippen molar-refractivity contribution in [3.63, 3.8) is 0 Å². The van der Waals surface area contributed by atoms with Crippen LogP contribution in [0, 0.1) is 22.9 Å². The number of benzene rings is 1.